The zero-order chi connectivity index (χ0) is 18.8. The van der Waals surface area contributed by atoms with E-state index >= 15 is 0 Å². The molecule has 0 aliphatic carbocycles. The Hall–Kier alpha value is -1.53. The van der Waals surface area contributed by atoms with Crippen LogP contribution in [0.1, 0.15) is 38.5 Å². The van der Waals surface area contributed by atoms with Gasteiger partial charge < -0.3 is 0 Å². The molecule has 3 fully saturated rings. The Morgan fingerprint density at radius 2 is 1.21 bits per heavy atom. The topological polar surface area (TPSA) is 49.7 Å². The highest BCUT2D eigenvalue weighted by Crippen LogP contribution is 2.68. The third-order valence-corrected chi connectivity index (χ3v) is 9.89. The fourth-order valence-corrected chi connectivity index (χ4v) is 8.82. The van der Waals surface area contributed by atoms with Crippen LogP contribution in [-0.2, 0) is 0 Å². The van der Waals surface area contributed by atoms with Crippen molar-refractivity contribution in [2.24, 2.45) is 0 Å². The highest BCUT2D eigenvalue weighted by atomic mass is 31.2. The predicted molar refractivity (Wildman–Crippen MR) is 111 cm³/mol. The minimum Gasteiger partial charge on any atom is -0.184 e. The maximum atomic E-state index is 6.89. The summed E-state index contributed by atoms with van der Waals surface area (Å²) in [5.41, 5.74) is 1.94. The van der Waals surface area contributed by atoms with Gasteiger partial charge >= 0.3 is 7.94 Å². The molecular weight excluding hydrogens is 371 g/mol. The van der Waals surface area contributed by atoms with E-state index in [4.69, 9.17) is 4.62 Å². The Kier molecular flexibility index (Phi) is 5.33. The molecule has 5 rings (SSSR count). The summed E-state index contributed by atoms with van der Waals surface area (Å²) in [7, 11) is -2.08. The zero-order valence-electron chi connectivity index (χ0n) is 16.5. The summed E-state index contributed by atoms with van der Waals surface area (Å²) >= 11 is 0. The standard InChI is InChI=1S/C20H30N6OP/c1-2-10-19(11-3-1)20-18-26(22-21-20)27-28(23-12-4-5-13-23,24-14-6-7-15-24)25-16-8-9-17-25/h1-3,10-11,18H,4-9,12-17H2/q+1. The van der Waals surface area contributed by atoms with Crippen LogP contribution in [-0.4, -0.2) is 68.4 Å². The van der Waals surface area contributed by atoms with Crippen LogP contribution >= 0.6 is 7.94 Å². The molecule has 3 saturated heterocycles. The lowest BCUT2D eigenvalue weighted by molar-refractivity contribution is 0.161. The lowest BCUT2D eigenvalue weighted by Gasteiger charge is -2.39. The summed E-state index contributed by atoms with van der Waals surface area (Å²) in [5.74, 6) is 0. The molecule has 8 heteroatoms. The number of hydrogen-bond donors (Lipinski definition) is 0. The summed E-state index contributed by atoms with van der Waals surface area (Å²) in [6.07, 6.45) is 9.53. The van der Waals surface area contributed by atoms with Gasteiger partial charge in [-0.2, -0.15) is 4.62 Å². The van der Waals surface area contributed by atoms with Crippen LogP contribution in [0.5, 0.6) is 0 Å². The number of benzene rings is 1. The molecule has 3 aliphatic heterocycles. The highest BCUT2D eigenvalue weighted by Gasteiger charge is 2.63. The van der Waals surface area contributed by atoms with Crippen LogP contribution in [0.25, 0.3) is 11.3 Å². The van der Waals surface area contributed by atoms with Crippen molar-refractivity contribution < 1.29 is 4.62 Å². The first-order valence-corrected chi connectivity index (χ1v) is 12.3. The molecule has 28 heavy (non-hydrogen) atoms. The molecule has 0 spiro atoms. The van der Waals surface area contributed by atoms with Gasteiger partial charge in [-0.15, -0.1) is 19.1 Å². The molecule has 4 heterocycles. The van der Waals surface area contributed by atoms with Crippen LogP contribution < -0.4 is 4.62 Å². The average molecular weight is 401 g/mol. The van der Waals surface area contributed by atoms with E-state index in [1.165, 1.54) is 38.5 Å². The lowest BCUT2D eigenvalue weighted by atomic mass is 10.2. The van der Waals surface area contributed by atoms with Gasteiger partial charge in [0, 0.05) is 44.8 Å². The van der Waals surface area contributed by atoms with Gasteiger partial charge in [0.1, 0.15) is 11.9 Å². The molecule has 0 radical (unpaired) electrons. The monoisotopic (exact) mass is 401 g/mol. The van der Waals surface area contributed by atoms with Gasteiger partial charge in [0.25, 0.3) is 0 Å². The van der Waals surface area contributed by atoms with Gasteiger partial charge in [-0.1, -0.05) is 30.3 Å². The molecule has 0 bridgehead atoms. The van der Waals surface area contributed by atoms with Crippen molar-refractivity contribution in [3.8, 4) is 11.3 Å². The highest BCUT2D eigenvalue weighted by molar-refractivity contribution is 7.64. The van der Waals surface area contributed by atoms with Crippen molar-refractivity contribution in [3.05, 3.63) is 36.5 Å². The maximum Gasteiger partial charge on any atom is 0.451 e. The van der Waals surface area contributed by atoms with Gasteiger partial charge in [-0.25, -0.2) is 0 Å². The minimum atomic E-state index is -2.08. The largest absolute Gasteiger partial charge is 0.451 e. The number of rotatable bonds is 6. The van der Waals surface area contributed by atoms with Crippen molar-refractivity contribution in [1.82, 2.24) is 29.2 Å². The fourth-order valence-electron chi connectivity index (χ4n) is 4.72. The van der Waals surface area contributed by atoms with Gasteiger partial charge in [0.05, 0.1) is 0 Å². The Morgan fingerprint density at radius 1 is 0.714 bits per heavy atom. The van der Waals surface area contributed by atoms with E-state index in [9.17, 15) is 0 Å². The molecule has 0 unspecified atom stereocenters. The molecule has 1 aromatic carbocycles. The van der Waals surface area contributed by atoms with Crippen molar-refractivity contribution in [2.75, 3.05) is 39.3 Å². The summed E-state index contributed by atoms with van der Waals surface area (Å²) in [5, 5.41) is 8.78. The smallest absolute Gasteiger partial charge is 0.184 e. The van der Waals surface area contributed by atoms with Crippen molar-refractivity contribution in [1.29, 1.82) is 0 Å². The van der Waals surface area contributed by atoms with Crippen molar-refractivity contribution >= 4 is 7.94 Å². The summed E-state index contributed by atoms with van der Waals surface area (Å²) in [6.45, 7) is 6.76. The number of aromatic nitrogens is 3. The third-order valence-electron chi connectivity index (χ3n) is 6.09. The van der Waals surface area contributed by atoms with E-state index in [0.717, 1.165) is 50.5 Å². The molecule has 0 amide bonds. The number of nitrogens with zero attached hydrogens (tertiary/aromatic N) is 6. The Labute approximate surface area is 167 Å². The summed E-state index contributed by atoms with van der Waals surface area (Å²) < 4.78 is 14.8. The molecule has 0 N–H and O–H groups in total. The normalized spacial score (nSPS) is 22.3. The first-order chi connectivity index (χ1) is 13.9. The lowest BCUT2D eigenvalue weighted by Crippen LogP contribution is -2.47. The van der Waals surface area contributed by atoms with Crippen LogP contribution in [0, 0.1) is 0 Å². The quantitative estimate of drug-likeness (QED) is 0.692. The van der Waals surface area contributed by atoms with E-state index in [2.05, 4.69) is 36.5 Å². The number of hydrogen-bond acceptors (Lipinski definition) is 6. The average Bonchev–Trinajstić information content (AvgIpc) is 3.54. The summed E-state index contributed by atoms with van der Waals surface area (Å²) in [6, 6.07) is 10.2. The van der Waals surface area contributed by atoms with E-state index in [0.29, 0.717) is 0 Å². The molecular formula is C20H30N6OP+. The fraction of sp³-hybridized carbons (Fsp3) is 0.600. The van der Waals surface area contributed by atoms with Crippen LogP contribution in [0.4, 0.5) is 0 Å². The SMILES string of the molecule is c1ccc(-c2cn(O[P+](N3CCCC3)(N3CCCC3)N3CCCC3)nn2)cc1. The first kappa shape index (κ1) is 18.5. The second kappa shape index (κ2) is 8.07. The van der Waals surface area contributed by atoms with E-state index in [1.807, 2.05) is 24.4 Å². The zero-order valence-corrected chi connectivity index (χ0v) is 17.4. The van der Waals surface area contributed by atoms with Gasteiger partial charge in [0.15, 0.2) is 0 Å². The minimum absolute atomic E-state index is 0.864. The summed E-state index contributed by atoms with van der Waals surface area (Å²) in [4.78, 5) is 1.66. The van der Waals surface area contributed by atoms with E-state index < -0.39 is 7.94 Å². The Balaban J connectivity index is 1.49. The Bertz CT molecular complexity index is 725. The molecule has 2 aromatic rings. The van der Waals surface area contributed by atoms with E-state index in [-0.39, 0.29) is 0 Å². The third kappa shape index (κ3) is 3.35. The maximum absolute atomic E-state index is 6.89. The van der Waals surface area contributed by atoms with Crippen molar-refractivity contribution in [3.63, 3.8) is 0 Å². The van der Waals surface area contributed by atoms with Gasteiger partial charge in [0.2, 0.25) is 0 Å². The first-order valence-electron chi connectivity index (χ1n) is 10.7. The van der Waals surface area contributed by atoms with Crippen LogP contribution in [0.15, 0.2) is 36.5 Å². The van der Waals surface area contributed by atoms with Crippen LogP contribution in [0.2, 0.25) is 0 Å². The second-order valence-corrected chi connectivity index (χ2v) is 10.8. The van der Waals surface area contributed by atoms with Gasteiger partial charge in [-0.05, 0) is 48.6 Å². The second-order valence-electron chi connectivity index (χ2n) is 7.95. The molecule has 0 atom stereocenters. The molecule has 1 aromatic heterocycles. The molecule has 0 saturated carbocycles. The Morgan fingerprint density at radius 3 is 1.71 bits per heavy atom. The van der Waals surface area contributed by atoms with Gasteiger partial charge in [-0.3, -0.25) is 0 Å². The van der Waals surface area contributed by atoms with E-state index in [1.54, 1.807) is 4.85 Å². The van der Waals surface area contributed by atoms with Crippen molar-refractivity contribution in [2.45, 2.75) is 38.5 Å². The molecule has 150 valence electrons. The predicted octanol–water partition coefficient (Wildman–Crippen LogP) is 3.34. The molecule has 7 nitrogen and oxygen atoms in total. The van der Waals surface area contributed by atoms with Crippen LogP contribution in [0.3, 0.4) is 0 Å². The molecule has 3 aliphatic rings.